The van der Waals surface area contributed by atoms with Crippen LogP contribution in [0.1, 0.15) is 64.2 Å². The van der Waals surface area contributed by atoms with Gasteiger partial charge in [0.15, 0.2) is 0 Å². The van der Waals surface area contributed by atoms with Crippen molar-refractivity contribution >= 4 is 17.8 Å². The summed E-state index contributed by atoms with van der Waals surface area (Å²) in [6, 6.07) is 0. The molecule has 6 heteroatoms. The normalized spacial score (nSPS) is 23.0. The minimum atomic E-state index is -0.801. The van der Waals surface area contributed by atoms with Gasteiger partial charge in [-0.2, -0.15) is 0 Å². The van der Waals surface area contributed by atoms with Crippen LogP contribution in [0.15, 0.2) is 5.16 Å². The van der Waals surface area contributed by atoms with Crippen LogP contribution < -0.4 is 5.32 Å². The van der Waals surface area contributed by atoms with Gasteiger partial charge in [-0.3, -0.25) is 9.63 Å². The highest BCUT2D eigenvalue weighted by molar-refractivity contribution is 5.92. The van der Waals surface area contributed by atoms with E-state index in [1.807, 2.05) is 0 Å². The summed E-state index contributed by atoms with van der Waals surface area (Å²) in [4.78, 5) is 28.1. The number of carboxylic acid groups (broad SMARTS) is 1. The van der Waals surface area contributed by atoms with Crippen molar-refractivity contribution < 1.29 is 19.5 Å². The van der Waals surface area contributed by atoms with Crippen LogP contribution >= 0.6 is 0 Å². The molecule has 6 nitrogen and oxygen atoms in total. The predicted molar refractivity (Wildman–Crippen MR) is 85.1 cm³/mol. The number of hydrogen-bond acceptors (Lipinski definition) is 4. The van der Waals surface area contributed by atoms with Gasteiger partial charge in [0, 0.05) is 18.4 Å². The fourth-order valence-electron chi connectivity index (χ4n) is 3.67. The largest absolute Gasteiger partial charge is 0.481 e. The van der Waals surface area contributed by atoms with Crippen LogP contribution in [0, 0.1) is 17.3 Å². The maximum atomic E-state index is 11.9. The Morgan fingerprint density at radius 3 is 2.22 bits per heavy atom. The summed E-state index contributed by atoms with van der Waals surface area (Å²) in [7, 11) is 0. The molecule has 128 valence electrons. The highest BCUT2D eigenvalue weighted by Crippen LogP contribution is 2.42. The Balaban J connectivity index is 1.50. The lowest BCUT2D eigenvalue weighted by atomic mass is 9.72. The number of nitrogens with zero attached hydrogens (tertiary/aromatic N) is 1. The van der Waals surface area contributed by atoms with Crippen LogP contribution in [0.5, 0.6) is 0 Å². The molecule has 2 N–H and O–H groups in total. The predicted octanol–water partition coefficient (Wildman–Crippen LogP) is 3.31. The first-order chi connectivity index (χ1) is 11.1. The Morgan fingerprint density at radius 1 is 1.09 bits per heavy atom. The molecule has 0 heterocycles. The van der Waals surface area contributed by atoms with Gasteiger partial charge in [0.2, 0.25) is 0 Å². The number of oxime groups is 1. The number of aliphatic carboxylic acids is 1. The first kappa shape index (κ1) is 16.3. The Hall–Kier alpha value is -1.59. The average Bonchev–Trinajstić information content (AvgIpc) is 3.39. The summed E-state index contributed by atoms with van der Waals surface area (Å²) < 4.78 is 0. The number of carbonyl (C=O) groups excluding carboxylic acids is 1. The lowest BCUT2D eigenvalue weighted by Crippen LogP contribution is -2.40. The van der Waals surface area contributed by atoms with E-state index >= 15 is 0 Å². The molecule has 0 aliphatic heterocycles. The zero-order chi connectivity index (χ0) is 16.3. The highest BCUT2D eigenvalue weighted by Gasteiger charge is 2.39. The van der Waals surface area contributed by atoms with E-state index in [0.29, 0.717) is 18.4 Å². The number of nitrogens with one attached hydrogen (secondary N) is 1. The molecule has 0 bridgehead atoms. The van der Waals surface area contributed by atoms with Crippen LogP contribution in [0.4, 0.5) is 4.79 Å². The fourth-order valence-corrected chi connectivity index (χ4v) is 3.67. The van der Waals surface area contributed by atoms with E-state index in [1.165, 1.54) is 0 Å². The molecule has 0 unspecified atom stereocenters. The molecule has 0 aromatic rings. The third-order valence-corrected chi connectivity index (χ3v) is 5.27. The first-order valence-electron chi connectivity index (χ1n) is 8.82. The standard InChI is InChI=1S/C17H26N2O4/c20-14(21)10-17(8-2-1-3-9-17)11-18-16(22)23-19-15(12-4-5-12)13-6-7-13/h12-13H,1-11H2,(H,18,22)(H,20,21). The molecule has 3 aliphatic carbocycles. The molecule has 0 radical (unpaired) electrons. The number of hydrogen-bond donors (Lipinski definition) is 2. The molecule has 3 rings (SSSR count). The molecule has 0 atom stereocenters. The summed E-state index contributed by atoms with van der Waals surface area (Å²) in [5.41, 5.74) is 0.723. The van der Waals surface area contributed by atoms with Crippen molar-refractivity contribution in [2.75, 3.05) is 6.54 Å². The Morgan fingerprint density at radius 2 is 1.70 bits per heavy atom. The van der Waals surface area contributed by atoms with Crippen molar-refractivity contribution in [3.05, 3.63) is 0 Å². The monoisotopic (exact) mass is 322 g/mol. The van der Waals surface area contributed by atoms with Crippen molar-refractivity contribution in [3.8, 4) is 0 Å². The quantitative estimate of drug-likeness (QED) is 0.427. The molecule has 3 fully saturated rings. The van der Waals surface area contributed by atoms with E-state index in [9.17, 15) is 9.59 Å². The summed E-state index contributed by atoms with van der Waals surface area (Å²) in [6.07, 6.45) is 9.04. The minimum Gasteiger partial charge on any atom is -0.481 e. The number of carbonyl (C=O) groups is 2. The van der Waals surface area contributed by atoms with Crippen LogP contribution in [-0.2, 0) is 9.63 Å². The topological polar surface area (TPSA) is 88.0 Å². The van der Waals surface area contributed by atoms with Crippen LogP contribution in [0.2, 0.25) is 0 Å². The van der Waals surface area contributed by atoms with Crippen molar-refractivity contribution in [1.29, 1.82) is 0 Å². The zero-order valence-corrected chi connectivity index (χ0v) is 13.6. The van der Waals surface area contributed by atoms with Gasteiger partial charge < -0.3 is 10.4 Å². The van der Waals surface area contributed by atoms with Gasteiger partial charge in [0.1, 0.15) is 0 Å². The van der Waals surface area contributed by atoms with Gasteiger partial charge in [0.05, 0.1) is 12.1 Å². The fraction of sp³-hybridized carbons (Fsp3) is 0.824. The smallest absolute Gasteiger partial charge is 0.433 e. The van der Waals surface area contributed by atoms with Crippen molar-refractivity contribution in [2.24, 2.45) is 22.4 Å². The minimum absolute atomic E-state index is 0.103. The van der Waals surface area contributed by atoms with E-state index in [1.54, 1.807) is 0 Å². The maximum Gasteiger partial charge on any atom is 0.433 e. The number of rotatable bonds is 7. The van der Waals surface area contributed by atoms with E-state index < -0.39 is 12.1 Å². The van der Waals surface area contributed by atoms with E-state index in [0.717, 1.165) is 63.5 Å². The summed E-state index contributed by atoms with van der Waals surface area (Å²) in [6.45, 7) is 0.357. The molecule has 23 heavy (non-hydrogen) atoms. The maximum absolute atomic E-state index is 11.9. The molecular formula is C17H26N2O4. The molecule has 3 aliphatic rings. The van der Waals surface area contributed by atoms with Crippen LogP contribution in [-0.4, -0.2) is 29.4 Å². The second kappa shape index (κ2) is 6.89. The zero-order valence-electron chi connectivity index (χ0n) is 13.6. The second-order valence-corrected chi connectivity index (χ2v) is 7.43. The second-order valence-electron chi connectivity index (χ2n) is 7.43. The average molecular weight is 322 g/mol. The molecule has 1 amide bonds. The molecular weight excluding hydrogens is 296 g/mol. The molecule has 0 saturated heterocycles. The van der Waals surface area contributed by atoms with Gasteiger partial charge in [-0.05, 0) is 43.9 Å². The summed E-state index contributed by atoms with van der Waals surface area (Å²) in [5.74, 6) is 0.240. The first-order valence-corrected chi connectivity index (χ1v) is 8.82. The Kier molecular flexibility index (Phi) is 4.87. The lowest BCUT2D eigenvalue weighted by Gasteiger charge is -2.35. The summed E-state index contributed by atoms with van der Waals surface area (Å²) >= 11 is 0. The Labute approximate surface area is 136 Å². The number of amides is 1. The summed E-state index contributed by atoms with van der Waals surface area (Å²) in [5, 5.41) is 16.0. The Bertz CT molecular complexity index is 475. The van der Waals surface area contributed by atoms with E-state index in [4.69, 9.17) is 9.94 Å². The molecule has 0 aromatic carbocycles. The van der Waals surface area contributed by atoms with Crippen LogP contribution in [0.25, 0.3) is 0 Å². The molecule has 3 saturated carbocycles. The van der Waals surface area contributed by atoms with Gasteiger partial charge in [-0.1, -0.05) is 24.4 Å². The van der Waals surface area contributed by atoms with Crippen molar-refractivity contribution in [2.45, 2.75) is 64.2 Å². The van der Waals surface area contributed by atoms with Gasteiger partial charge in [0.25, 0.3) is 0 Å². The van der Waals surface area contributed by atoms with Crippen molar-refractivity contribution in [1.82, 2.24) is 5.32 Å². The van der Waals surface area contributed by atoms with Crippen molar-refractivity contribution in [3.63, 3.8) is 0 Å². The van der Waals surface area contributed by atoms with Gasteiger partial charge >= 0.3 is 12.1 Å². The number of carboxylic acids is 1. The SMILES string of the molecule is O=C(O)CC1(CNC(=O)ON=C(C2CC2)C2CC2)CCCCC1. The third kappa shape index (κ3) is 4.69. The van der Waals surface area contributed by atoms with E-state index in [-0.39, 0.29) is 11.8 Å². The third-order valence-electron chi connectivity index (χ3n) is 5.27. The van der Waals surface area contributed by atoms with Crippen LogP contribution in [0.3, 0.4) is 0 Å². The molecule has 0 aromatic heterocycles. The highest BCUT2D eigenvalue weighted by atomic mass is 16.7. The van der Waals surface area contributed by atoms with Gasteiger partial charge in [-0.15, -0.1) is 0 Å². The van der Waals surface area contributed by atoms with Gasteiger partial charge in [-0.25, -0.2) is 4.79 Å². The lowest BCUT2D eigenvalue weighted by molar-refractivity contribution is -0.140. The molecule has 0 spiro atoms. The van der Waals surface area contributed by atoms with E-state index in [2.05, 4.69) is 10.5 Å².